The first kappa shape index (κ1) is 17.2. The van der Waals surface area contributed by atoms with Crippen LogP contribution in [0.1, 0.15) is 25.3 Å². The average Bonchev–Trinajstić information content (AvgIpc) is 2.97. The van der Waals surface area contributed by atoms with Gasteiger partial charge in [-0.1, -0.05) is 0 Å². The molecule has 2 N–H and O–H groups in total. The highest BCUT2D eigenvalue weighted by atomic mass is 16.6. The molecule has 0 spiro atoms. The number of rotatable bonds is 4. The smallest absolute Gasteiger partial charge is 0.409 e. The van der Waals surface area contributed by atoms with Gasteiger partial charge in [-0.2, -0.15) is 0 Å². The molecule has 0 aliphatic carbocycles. The Bertz CT molecular complexity index is 532. The Morgan fingerprint density at radius 1 is 1.43 bits per heavy atom. The number of carbonyl (C=O) groups is 1. The Labute approximate surface area is 137 Å². The highest BCUT2D eigenvalue weighted by Gasteiger charge is 2.23. The summed E-state index contributed by atoms with van der Waals surface area (Å²) < 4.78 is 7.06. The second-order valence-electron chi connectivity index (χ2n) is 5.72. The second kappa shape index (κ2) is 8.45. The Hall–Kier alpha value is -2.18. The third-order valence-corrected chi connectivity index (χ3v) is 3.94. The molecule has 2 rings (SSSR count). The van der Waals surface area contributed by atoms with Crippen molar-refractivity contribution in [2.45, 2.75) is 32.4 Å². The van der Waals surface area contributed by atoms with Gasteiger partial charge in [0.25, 0.3) is 0 Å². The van der Waals surface area contributed by atoms with Crippen molar-refractivity contribution in [2.75, 3.05) is 26.7 Å². The van der Waals surface area contributed by atoms with Crippen molar-refractivity contribution in [3.8, 4) is 0 Å². The van der Waals surface area contributed by atoms with Crippen LogP contribution in [0, 0.1) is 0 Å². The van der Waals surface area contributed by atoms with E-state index in [4.69, 9.17) is 4.74 Å². The number of aliphatic imine (C=N–C) groups is 1. The SMILES string of the molecule is CCOC(=O)N1CCC(NC(=NC)NCc2ccn(C)c2)CC1. The van der Waals surface area contributed by atoms with E-state index in [0.29, 0.717) is 25.7 Å². The van der Waals surface area contributed by atoms with E-state index in [1.165, 1.54) is 5.56 Å². The van der Waals surface area contributed by atoms with Crippen molar-refractivity contribution in [3.63, 3.8) is 0 Å². The number of likely N-dealkylation sites (tertiary alicyclic amines) is 1. The number of hydrogen-bond acceptors (Lipinski definition) is 3. The van der Waals surface area contributed by atoms with E-state index in [1.54, 1.807) is 11.9 Å². The zero-order valence-corrected chi connectivity index (χ0v) is 14.2. The van der Waals surface area contributed by atoms with Gasteiger partial charge in [0.05, 0.1) is 6.61 Å². The summed E-state index contributed by atoms with van der Waals surface area (Å²) in [5.41, 5.74) is 1.22. The van der Waals surface area contributed by atoms with E-state index in [9.17, 15) is 4.79 Å². The minimum atomic E-state index is -0.211. The maximum Gasteiger partial charge on any atom is 0.409 e. The molecule has 2 heterocycles. The van der Waals surface area contributed by atoms with Crippen LogP contribution >= 0.6 is 0 Å². The van der Waals surface area contributed by atoms with E-state index in [1.807, 2.05) is 24.7 Å². The van der Waals surface area contributed by atoms with Crippen LogP contribution in [-0.2, 0) is 18.3 Å². The molecule has 0 aromatic carbocycles. The summed E-state index contributed by atoms with van der Waals surface area (Å²) in [5.74, 6) is 0.795. The molecule has 1 aliphatic rings. The van der Waals surface area contributed by atoms with Crippen LogP contribution < -0.4 is 10.6 Å². The average molecular weight is 321 g/mol. The molecule has 128 valence electrons. The van der Waals surface area contributed by atoms with Crippen molar-refractivity contribution in [3.05, 3.63) is 24.0 Å². The zero-order chi connectivity index (χ0) is 16.7. The third-order valence-electron chi connectivity index (χ3n) is 3.94. The Balaban J connectivity index is 1.74. The van der Waals surface area contributed by atoms with Gasteiger partial charge in [0.1, 0.15) is 0 Å². The number of aryl methyl sites for hydroxylation is 1. The van der Waals surface area contributed by atoms with Crippen LogP contribution in [0.2, 0.25) is 0 Å². The number of amides is 1. The molecular formula is C16H27N5O2. The van der Waals surface area contributed by atoms with Gasteiger partial charge in [0.2, 0.25) is 0 Å². The quantitative estimate of drug-likeness (QED) is 0.648. The summed E-state index contributed by atoms with van der Waals surface area (Å²) in [7, 11) is 3.78. The molecule has 1 saturated heterocycles. The van der Waals surface area contributed by atoms with E-state index in [0.717, 1.165) is 25.3 Å². The van der Waals surface area contributed by atoms with Crippen molar-refractivity contribution < 1.29 is 9.53 Å². The molecule has 0 saturated carbocycles. The fourth-order valence-electron chi connectivity index (χ4n) is 2.66. The molecule has 1 fully saturated rings. The number of nitrogens with one attached hydrogen (secondary N) is 2. The summed E-state index contributed by atoms with van der Waals surface area (Å²) in [4.78, 5) is 17.7. The molecule has 23 heavy (non-hydrogen) atoms. The molecule has 0 unspecified atom stereocenters. The predicted octanol–water partition coefficient (Wildman–Crippen LogP) is 1.31. The number of aromatic nitrogens is 1. The molecule has 0 radical (unpaired) electrons. The van der Waals surface area contributed by atoms with Crippen LogP contribution in [0.3, 0.4) is 0 Å². The van der Waals surface area contributed by atoms with E-state index in [-0.39, 0.29) is 6.09 Å². The largest absolute Gasteiger partial charge is 0.450 e. The lowest BCUT2D eigenvalue weighted by molar-refractivity contribution is 0.0963. The summed E-state index contributed by atoms with van der Waals surface area (Å²) in [6.07, 6.45) is 5.68. The molecular weight excluding hydrogens is 294 g/mol. The highest BCUT2D eigenvalue weighted by Crippen LogP contribution is 2.11. The van der Waals surface area contributed by atoms with Gasteiger partial charge < -0.3 is 24.8 Å². The second-order valence-corrected chi connectivity index (χ2v) is 5.72. The lowest BCUT2D eigenvalue weighted by Gasteiger charge is -2.32. The summed E-state index contributed by atoms with van der Waals surface area (Å²) in [6, 6.07) is 2.40. The van der Waals surface area contributed by atoms with Crippen molar-refractivity contribution >= 4 is 12.1 Å². The predicted molar refractivity (Wildman–Crippen MR) is 90.4 cm³/mol. The zero-order valence-electron chi connectivity index (χ0n) is 14.2. The van der Waals surface area contributed by atoms with Gasteiger partial charge in [-0.25, -0.2) is 4.79 Å². The maximum absolute atomic E-state index is 11.7. The van der Waals surface area contributed by atoms with E-state index in [2.05, 4.69) is 27.9 Å². The number of ether oxygens (including phenoxy) is 1. The number of hydrogen-bond donors (Lipinski definition) is 2. The van der Waals surface area contributed by atoms with Crippen molar-refractivity contribution in [1.82, 2.24) is 20.1 Å². The Kier molecular flexibility index (Phi) is 6.31. The topological polar surface area (TPSA) is 70.9 Å². The van der Waals surface area contributed by atoms with Crippen LogP contribution in [0.25, 0.3) is 0 Å². The normalized spacial score (nSPS) is 16.3. The van der Waals surface area contributed by atoms with Crippen LogP contribution in [0.15, 0.2) is 23.5 Å². The van der Waals surface area contributed by atoms with Gasteiger partial charge in [-0.3, -0.25) is 4.99 Å². The van der Waals surface area contributed by atoms with E-state index < -0.39 is 0 Å². The number of guanidine groups is 1. The van der Waals surface area contributed by atoms with Crippen molar-refractivity contribution in [1.29, 1.82) is 0 Å². The van der Waals surface area contributed by atoms with Gasteiger partial charge in [0.15, 0.2) is 5.96 Å². The molecule has 0 bridgehead atoms. The maximum atomic E-state index is 11.7. The van der Waals surface area contributed by atoms with Gasteiger partial charge in [-0.15, -0.1) is 0 Å². The van der Waals surface area contributed by atoms with E-state index >= 15 is 0 Å². The molecule has 1 aliphatic heterocycles. The summed E-state index contributed by atoms with van der Waals surface area (Å²) in [6.45, 7) is 4.42. The van der Waals surface area contributed by atoms with Crippen molar-refractivity contribution in [2.24, 2.45) is 12.0 Å². The minimum absolute atomic E-state index is 0.211. The fraction of sp³-hybridized carbons (Fsp3) is 0.625. The Morgan fingerprint density at radius 3 is 2.74 bits per heavy atom. The lowest BCUT2D eigenvalue weighted by Crippen LogP contribution is -2.49. The van der Waals surface area contributed by atoms with Crippen LogP contribution in [0.5, 0.6) is 0 Å². The molecule has 7 nitrogen and oxygen atoms in total. The molecule has 1 aromatic heterocycles. The third kappa shape index (κ3) is 5.19. The molecule has 7 heteroatoms. The van der Waals surface area contributed by atoms with Crippen LogP contribution in [-0.4, -0.2) is 54.3 Å². The number of piperidine rings is 1. The summed E-state index contributed by atoms with van der Waals surface area (Å²) >= 11 is 0. The lowest BCUT2D eigenvalue weighted by atomic mass is 10.1. The Morgan fingerprint density at radius 2 is 2.17 bits per heavy atom. The molecule has 0 atom stereocenters. The summed E-state index contributed by atoms with van der Waals surface area (Å²) in [5, 5.41) is 6.75. The molecule has 1 aromatic rings. The monoisotopic (exact) mass is 321 g/mol. The van der Waals surface area contributed by atoms with Gasteiger partial charge >= 0.3 is 6.09 Å². The van der Waals surface area contributed by atoms with Gasteiger partial charge in [0, 0.05) is 52.2 Å². The van der Waals surface area contributed by atoms with Crippen LogP contribution in [0.4, 0.5) is 4.79 Å². The molecule has 1 amide bonds. The number of carbonyl (C=O) groups excluding carboxylic acids is 1. The standard InChI is InChI=1S/C16H27N5O2/c1-4-23-16(22)21-9-6-14(7-10-21)19-15(17-2)18-11-13-5-8-20(3)12-13/h5,8,12,14H,4,6-7,9-11H2,1-3H3,(H2,17,18,19). The highest BCUT2D eigenvalue weighted by molar-refractivity contribution is 5.80. The first-order chi connectivity index (χ1) is 11.1. The van der Waals surface area contributed by atoms with Gasteiger partial charge in [-0.05, 0) is 31.4 Å². The minimum Gasteiger partial charge on any atom is -0.450 e. The first-order valence-electron chi connectivity index (χ1n) is 8.12. The first-order valence-corrected chi connectivity index (χ1v) is 8.12. The number of nitrogens with zero attached hydrogens (tertiary/aromatic N) is 3. The fourth-order valence-corrected chi connectivity index (χ4v) is 2.66.